The lowest BCUT2D eigenvalue weighted by Gasteiger charge is -2.18. The first kappa shape index (κ1) is 14.8. The Hall–Kier alpha value is -1.59. The molecular formula is C18H16BrF. The van der Waals surface area contributed by atoms with Gasteiger partial charge in [0.1, 0.15) is 5.82 Å². The van der Waals surface area contributed by atoms with Gasteiger partial charge < -0.3 is 0 Å². The smallest absolute Gasteiger partial charge is 0.138 e. The van der Waals surface area contributed by atoms with Crippen molar-refractivity contribution in [3.8, 4) is 11.8 Å². The lowest BCUT2D eigenvalue weighted by Crippen LogP contribution is -2.10. The summed E-state index contributed by atoms with van der Waals surface area (Å²) in [5, 5.41) is 0. The van der Waals surface area contributed by atoms with Gasteiger partial charge in [-0.25, -0.2) is 4.39 Å². The quantitative estimate of drug-likeness (QED) is 0.576. The lowest BCUT2D eigenvalue weighted by molar-refractivity contribution is 0.590. The molecule has 0 amide bonds. The molecular weight excluding hydrogens is 315 g/mol. The number of rotatable bonds is 0. The van der Waals surface area contributed by atoms with Crippen LogP contribution in [0.2, 0.25) is 0 Å². The standard InChI is InChI=1S/C18H16BrF/c1-18(2,3)15-9-6-13(7-10-15)4-5-14-8-11-16(19)17(20)12-14/h6-12H,1-3H3. The van der Waals surface area contributed by atoms with Crippen LogP contribution in [0.3, 0.4) is 0 Å². The largest absolute Gasteiger partial charge is 0.206 e. The molecule has 2 heteroatoms. The van der Waals surface area contributed by atoms with Crippen LogP contribution < -0.4 is 0 Å². The molecule has 0 unspecified atom stereocenters. The predicted octanol–water partition coefficient (Wildman–Crippen LogP) is 5.29. The van der Waals surface area contributed by atoms with E-state index >= 15 is 0 Å². The first-order valence-corrected chi connectivity index (χ1v) is 7.23. The van der Waals surface area contributed by atoms with Gasteiger partial charge in [0.15, 0.2) is 0 Å². The molecule has 0 fully saturated rings. The van der Waals surface area contributed by atoms with Gasteiger partial charge in [-0.3, -0.25) is 0 Å². The second-order valence-corrected chi connectivity index (χ2v) is 6.56. The van der Waals surface area contributed by atoms with Crippen LogP contribution >= 0.6 is 15.9 Å². The number of hydrogen-bond acceptors (Lipinski definition) is 0. The van der Waals surface area contributed by atoms with E-state index in [4.69, 9.17) is 0 Å². The maximum atomic E-state index is 13.4. The minimum Gasteiger partial charge on any atom is -0.206 e. The molecule has 20 heavy (non-hydrogen) atoms. The average Bonchev–Trinajstić information content (AvgIpc) is 2.40. The van der Waals surface area contributed by atoms with Crippen LogP contribution in [-0.4, -0.2) is 0 Å². The number of halogens is 2. The highest BCUT2D eigenvalue weighted by Crippen LogP contribution is 2.22. The molecule has 102 valence electrons. The monoisotopic (exact) mass is 330 g/mol. The van der Waals surface area contributed by atoms with E-state index in [9.17, 15) is 4.39 Å². The number of benzene rings is 2. The molecule has 0 aliphatic carbocycles. The first-order chi connectivity index (χ1) is 9.36. The van der Waals surface area contributed by atoms with Crippen LogP contribution in [0.5, 0.6) is 0 Å². The summed E-state index contributed by atoms with van der Waals surface area (Å²) in [6.07, 6.45) is 0. The van der Waals surface area contributed by atoms with Crippen LogP contribution in [0.25, 0.3) is 0 Å². The Morgan fingerprint density at radius 3 is 2.00 bits per heavy atom. The van der Waals surface area contributed by atoms with Gasteiger partial charge in [0.25, 0.3) is 0 Å². The third-order valence-electron chi connectivity index (χ3n) is 3.02. The van der Waals surface area contributed by atoms with Crippen molar-refractivity contribution in [3.63, 3.8) is 0 Å². The highest BCUT2D eigenvalue weighted by atomic mass is 79.9. The van der Waals surface area contributed by atoms with Gasteiger partial charge >= 0.3 is 0 Å². The molecule has 2 rings (SSSR count). The van der Waals surface area contributed by atoms with Crippen molar-refractivity contribution in [2.75, 3.05) is 0 Å². The second-order valence-electron chi connectivity index (χ2n) is 5.71. The number of hydrogen-bond donors (Lipinski definition) is 0. The van der Waals surface area contributed by atoms with Gasteiger partial charge in [-0.15, -0.1) is 0 Å². The minimum atomic E-state index is -0.292. The summed E-state index contributed by atoms with van der Waals surface area (Å²) in [5.41, 5.74) is 3.02. The maximum Gasteiger partial charge on any atom is 0.138 e. The lowest BCUT2D eigenvalue weighted by atomic mass is 9.87. The van der Waals surface area contributed by atoms with Crippen LogP contribution in [0, 0.1) is 17.7 Å². The van der Waals surface area contributed by atoms with Gasteiger partial charge in [0.2, 0.25) is 0 Å². The van der Waals surface area contributed by atoms with E-state index in [0.717, 1.165) is 5.56 Å². The van der Waals surface area contributed by atoms with Gasteiger partial charge in [-0.05, 0) is 57.2 Å². The van der Waals surface area contributed by atoms with Gasteiger partial charge in [-0.2, -0.15) is 0 Å². The van der Waals surface area contributed by atoms with E-state index < -0.39 is 0 Å². The molecule has 0 atom stereocenters. The van der Waals surface area contributed by atoms with Gasteiger partial charge in [0, 0.05) is 11.1 Å². The fourth-order valence-corrected chi connectivity index (χ4v) is 2.02. The average molecular weight is 331 g/mol. The molecule has 0 saturated heterocycles. The zero-order valence-electron chi connectivity index (χ0n) is 11.8. The molecule has 2 aromatic carbocycles. The Bertz CT molecular complexity index is 667. The maximum absolute atomic E-state index is 13.4. The predicted molar refractivity (Wildman–Crippen MR) is 85.2 cm³/mol. The van der Waals surface area contributed by atoms with Crippen molar-refractivity contribution in [1.82, 2.24) is 0 Å². The van der Waals surface area contributed by atoms with Crippen molar-refractivity contribution in [1.29, 1.82) is 0 Å². The Morgan fingerprint density at radius 2 is 1.45 bits per heavy atom. The Labute approximate surface area is 128 Å². The molecule has 0 spiro atoms. The van der Waals surface area contributed by atoms with Crippen molar-refractivity contribution >= 4 is 15.9 Å². The SMILES string of the molecule is CC(C)(C)c1ccc(C#Cc2ccc(Br)c(F)c2)cc1. The van der Waals surface area contributed by atoms with Gasteiger partial charge in [-0.1, -0.05) is 44.7 Å². The molecule has 0 N–H and O–H groups in total. The molecule has 0 aromatic heterocycles. The fourth-order valence-electron chi connectivity index (χ4n) is 1.77. The molecule has 0 radical (unpaired) electrons. The van der Waals surface area contributed by atoms with Crippen LogP contribution in [-0.2, 0) is 5.41 Å². The third kappa shape index (κ3) is 3.71. The summed E-state index contributed by atoms with van der Waals surface area (Å²) in [6.45, 7) is 6.54. The van der Waals surface area contributed by atoms with Crippen LogP contribution in [0.4, 0.5) is 4.39 Å². The second kappa shape index (κ2) is 5.81. The zero-order valence-corrected chi connectivity index (χ0v) is 13.4. The molecule has 2 aromatic rings. The highest BCUT2D eigenvalue weighted by molar-refractivity contribution is 9.10. The van der Waals surface area contributed by atoms with Crippen molar-refractivity contribution in [2.45, 2.75) is 26.2 Å². The Balaban J connectivity index is 2.22. The summed E-state index contributed by atoms with van der Waals surface area (Å²) >= 11 is 3.13. The minimum absolute atomic E-state index is 0.140. The summed E-state index contributed by atoms with van der Waals surface area (Å²) < 4.78 is 13.8. The van der Waals surface area contributed by atoms with E-state index in [1.165, 1.54) is 11.6 Å². The van der Waals surface area contributed by atoms with E-state index in [0.29, 0.717) is 10.0 Å². The van der Waals surface area contributed by atoms with Crippen molar-refractivity contribution in [2.24, 2.45) is 0 Å². The molecule has 0 bridgehead atoms. The van der Waals surface area contributed by atoms with E-state index in [2.05, 4.69) is 60.7 Å². The molecule has 0 nitrogen and oxygen atoms in total. The topological polar surface area (TPSA) is 0 Å². The van der Waals surface area contributed by atoms with Crippen molar-refractivity contribution in [3.05, 3.63) is 69.4 Å². The van der Waals surface area contributed by atoms with Crippen molar-refractivity contribution < 1.29 is 4.39 Å². The van der Waals surface area contributed by atoms with E-state index in [1.807, 2.05) is 12.1 Å². The van der Waals surface area contributed by atoms with Gasteiger partial charge in [0.05, 0.1) is 4.47 Å². The zero-order chi connectivity index (χ0) is 14.8. The summed E-state index contributed by atoms with van der Waals surface area (Å²) in [7, 11) is 0. The molecule has 0 aliphatic rings. The van der Waals surface area contributed by atoms with Crippen LogP contribution in [0.15, 0.2) is 46.9 Å². The normalized spacial score (nSPS) is 10.8. The third-order valence-corrected chi connectivity index (χ3v) is 3.66. The first-order valence-electron chi connectivity index (χ1n) is 6.44. The summed E-state index contributed by atoms with van der Waals surface area (Å²) in [4.78, 5) is 0. The molecule has 0 aliphatic heterocycles. The Morgan fingerprint density at radius 1 is 0.900 bits per heavy atom. The summed E-state index contributed by atoms with van der Waals surface area (Å²) in [6, 6.07) is 13.1. The van der Waals surface area contributed by atoms with E-state index in [-0.39, 0.29) is 11.2 Å². The fraction of sp³-hybridized carbons (Fsp3) is 0.222. The van der Waals surface area contributed by atoms with E-state index in [1.54, 1.807) is 12.1 Å². The summed E-state index contributed by atoms with van der Waals surface area (Å²) in [5.74, 6) is 5.74. The highest BCUT2D eigenvalue weighted by Gasteiger charge is 2.12. The molecule has 0 heterocycles. The Kier molecular flexibility index (Phi) is 4.30. The van der Waals surface area contributed by atoms with Crippen LogP contribution in [0.1, 0.15) is 37.5 Å². The molecule has 0 saturated carbocycles.